The number of hydrogen-bond donors (Lipinski definition) is 1. The van der Waals surface area contributed by atoms with Crippen molar-refractivity contribution in [3.8, 4) is 0 Å². The molecule has 0 atom stereocenters. The van der Waals surface area contributed by atoms with Crippen LogP contribution in [0.15, 0.2) is 58.9 Å². The average Bonchev–Trinajstić information content (AvgIpc) is 3.19. The minimum atomic E-state index is -3.68. The minimum absolute atomic E-state index is 0.111. The molecule has 1 aromatic carbocycles. The summed E-state index contributed by atoms with van der Waals surface area (Å²) in [6, 6.07) is 12.5. The van der Waals surface area contributed by atoms with Gasteiger partial charge in [-0.15, -0.1) is 11.3 Å². The van der Waals surface area contributed by atoms with E-state index in [0.717, 1.165) is 9.78 Å². The molecule has 0 unspecified atom stereocenters. The van der Waals surface area contributed by atoms with Gasteiger partial charge in [0.05, 0.1) is 11.3 Å². The summed E-state index contributed by atoms with van der Waals surface area (Å²) in [5.74, 6) is -0.955. The van der Waals surface area contributed by atoms with Gasteiger partial charge in [0.25, 0.3) is 21.8 Å². The number of amides is 2. The number of sulfonamides is 1. The standard InChI is InChI=1S/C18H13N3O4S2/c1-11-4-9-15(26-11)27(24,25)20-12-5-7-13(8-6-12)21-17(22)14-3-2-10-19-16(14)18(21)23/h2-10,20H,1H3. The number of nitrogens with one attached hydrogen (secondary N) is 1. The molecule has 136 valence electrons. The molecule has 27 heavy (non-hydrogen) atoms. The lowest BCUT2D eigenvalue weighted by Gasteiger charge is -2.14. The lowest BCUT2D eigenvalue weighted by molar-refractivity contribution is 0.0924. The number of aryl methyl sites for hydroxylation is 1. The molecule has 2 amide bonds. The number of pyridine rings is 1. The normalized spacial score (nSPS) is 13.7. The summed E-state index contributed by atoms with van der Waals surface area (Å²) in [5.41, 5.74) is 1.04. The second-order valence-corrected chi connectivity index (χ2v) is 9.06. The smallest absolute Gasteiger partial charge is 0.279 e. The molecule has 0 aliphatic carbocycles. The summed E-state index contributed by atoms with van der Waals surface area (Å²) in [6.45, 7) is 1.83. The van der Waals surface area contributed by atoms with Crippen LogP contribution in [0.4, 0.5) is 11.4 Å². The van der Waals surface area contributed by atoms with Crippen LogP contribution >= 0.6 is 11.3 Å². The van der Waals surface area contributed by atoms with Gasteiger partial charge in [0, 0.05) is 16.8 Å². The molecule has 4 rings (SSSR count). The topological polar surface area (TPSA) is 96.4 Å². The van der Waals surface area contributed by atoms with Crippen molar-refractivity contribution < 1.29 is 18.0 Å². The molecular weight excluding hydrogens is 386 g/mol. The largest absolute Gasteiger partial charge is 0.284 e. The van der Waals surface area contributed by atoms with E-state index in [-0.39, 0.29) is 15.5 Å². The van der Waals surface area contributed by atoms with Gasteiger partial charge < -0.3 is 0 Å². The highest BCUT2D eigenvalue weighted by atomic mass is 32.2. The van der Waals surface area contributed by atoms with Gasteiger partial charge in [0.1, 0.15) is 9.90 Å². The fourth-order valence-electron chi connectivity index (χ4n) is 2.74. The summed E-state index contributed by atoms with van der Waals surface area (Å²) in [6.07, 6.45) is 1.46. The van der Waals surface area contributed by atoms with Gasteiger partial charge in [-0.2, -0.15) is 0 Å². The fourth-order valence-corrected chi connectivity index (χ4v) is 5.08. The summed E-state index contributed by atoms with van der Waals surface area (Å²) in [4.78, 5) is 30.8. The Hall–Kier alpha value is -3.04. The van der Waals surface area contributed by atoms with Crippen molar-refractivity contribution in [2.45, 2.75) is 11.1 Å². The molecule has 0 saturated heterocycles. The van der Waals surface area contributed by atoms with Crippen molar-refractivity contribution in [3.63, 3.8) is 0 Å². The predicted molar refractivity (Wildman–Crippen MR) is 102 cm³/mol. The van der Waals surface area contributed by atoms with Crippen LogP contribution in [0.3, 0.4) is 0 Å². The lowest BCUT2D eigenvalue weighted by Crippen LogP contribution is -2.29. The number of anilines is 2. The molecular formula is C18H13N3O4S2. The summed E-state index contributed by atoms with van der Waals surface area (Å²) in [5, 5.41) is 0. The van der Waals surface area contributed by atoms with Crippen LogP contribution in [-0.4, -0.2) is 25.2 Å². The Labute approximate surface area is 159 Å². The summed E-state index contributed by atoms with van der Waals surface area (Å²) in [7, 11) is -3.68. The van der Waals surface area contributed by atoms with Crippen LogP contribution in [0.1, 0.15) is 25.7 Å². The van der Waals surface area contributed by atoms with Gasteiger partial charge in [-0.25, -0.2) is 13.3 Å². The SMILES string of the molecule is Cc1ccc(S(=O)(=O)Nc2ccc(N3C(=O)c4cccnc4C3=O)cc2)s1. The number of thiophene rings is 1. The monoisotopic (exact) mass is 399 g/mol. The Balaban J connectivity index is 1.59. The number of carbonyl (C=O) groups excluding carboxylic acids is 2. The number of hydrogen-bond acceptors (Lipinski definition) is 6. The molecule has 0 saturated carbocycles. The summed E-state index contributed by atoms with van der Waals surface area (Å²) < 4.78 is 27.5. The summed E-state index contributed by atoms with van der Waals surface area (Å²) >= 11 is 1.18. The molecule has 3 aromatic rings. The molecule has 0 spiro atoms. The zero-order valence-corrected chi connectivity index (χ0v) is 15.7. The number of aromatic nitrogens is 1. The molecule has 0 fully saturated rings. The predicted octanol–water partition coefficient (Wildman–Crippen LogP) is 3.05. The first-order valence-corrected chi connectivity index (χ1v) is 10.2. The Kier molecular flexibility index (Phi) is 4.05. The zero-order valence-electron chi connectivity index (χ0n) is 14.0. The molecule has 1 aliphatic heterocycles. The van der Waals surface area contributed by atoms with E-state index in [0.29, 0.717) is 11.4 Å². The lowest BCUT2D eigenvalue weighted by atomic mass is 10.2. The van der Waals surface area contributed by atoms with Crippen molar-refractivity contribution in [3.05, 3.63) is 70.9 Å². The number of nitrogens with zero attached hydrogens (tertiary/aromatic N) is 2. The third-order valence-electron chi connectivity index (χ3n) is 4.01. The van der Waals surface area contributed by atoms with E-state index < -0.39 is 21.8 Å². The fraction of sp³-hybridized carbons (Fsp3) is 0.0556. The first-order chi connectivity index (χ1) is 12.9. The van der Waals surface area contributed by atoms with Crippen LogP contribution < -0.4 is 9.62 Å². The van der Waals surface area contributed by atoms with Gasteiger partial charge in [-0.1, -0.05) is 0 Å². The maximum Gasteiger partial charge on any atom is 0.284 e. The second kappa shape index (κ2) is 6.29. The van der Waals surface area contributed by atoms with Crippen molar-refractivity contribution in [1.29, 1.82) is 0 Å². The Morgan fingerprint density at radius 1 is 1.00 bits per heavy atom. The highest BCUT2D eigenvalue weighted by molar-refractivity contribution is 7.94. The van der Waals surface area contributed by atoms with Gasteiger partial charge >= 0.3 is 0 Å². The van der Waals surface area contributed by atoms with Gasteiger partial charge in [-0.3, -0.25) is 19.3 Å². The molecule has 2 aromatic heterocycles. The number of carbonyl (C=O) groups is 2. The second-order valence-electron chi connectivity index (χ2n) is 5.86. The number of fused-ring (bicyclic) bond motifs is 1. The Morgan fingerprint density at radius 2 is 1.74 bits per heavy atom. The van der Waals surface area contributed by atoms with Crippen LogP contribution in [0.25, 0.3) is 0 Å². The molecule has 9 heteroatoms. The van der Waals surface area contributed by atoms with E-state index in [2.05, 4.69) is 9.71 Å². The number of rotatable bonds is 4. The molecule has 3 heterocycles. The van der Waals surface area contributed by atoms with Crippen molar-refractivity contribution in [2.75, 3.05) is 9.62 Å². The Morgan fingerprint density at radius 3 is 2.37 bits per heavy atom. The van der Waals surface area contributed by atoms with Crippen LogP contribution in [-0.2, 0) is 10.0 Å². The van der Waals surface area contributed by atoms with E-state index in [1.54, 1.807) is 24.3 Å². The van der Waals surface area contributed by atoms with Crippen LogP contribution in [0, 0.1) is 6.92 Å². The highest BCUT2D eigenvalue weighted by Gasteiger charge is 2.37. The van der Waals surface area contributed by atoms with Gasteiger partial charge in [-0.05, 0) is 55.5 Å². The third kappa shape index (κ3) is 3.00. The molecule has 1 N–H and O–H groups in total. The Bertz CT molecular complexity index is 1130. The quantitative estimate of drug-likeness (QED) is 0.680. The van der Waals surface area contributed by atoms with Crippen molar-refractivity contribution in [1.82, 2.24) is 4.98 Å². The van der Waals surface area contributed by atoms with Crippen LogP contribution in [0.2, 0.25) is 0 Å². The van der Waals surface area contributed by atoms with Crippen molar-refractivity contribution >= 4 is 44.5 Å². The molecule has 0 bridgehead atoms. The molecule has 1 aliphatic rings. The number of benzene rings is 1. The highest BCUT2D eigenvalue weighted by Crippen LogP contribution is 2.29. The average molecular weight is 399 g/mol. The van der Waals surface area contributed by atoms with E-state index in [1.807, 2.05) is 6.92 Å². The first kappa shape index (κ1) is 17.4. The third-order valence-corrected chi connectivity index (χ3v) is 6.88. The van der Waals surface area contributed by atoms with Crippen LogP contribution in [0.5, 0.6) is 0 Å². The number of imide groups is 1. The van der Waals surface area contributed by atoms with E-state index in [9.17, 15) is 18.0 Å². The van der Waals surface area contributed by atoms with Gasteiger partial charge in [0.15, 0.2) is 0 Å². The van der Waals surface area contributed by atoms with E-state index in [4.69, 9.17) is 0 Å². The van der Waals surface area contributed by atoms with Gasteiger partial charge in [0.2, 0.25) is 0 Å². The maximum atomic E-state index is 12.5. The minimum Gasteiger partial charge on any atom is -0.279 e. The van der Waals surface area contributed by atoms with Crippen molar-refractivity contribution in [2.24, 2.45) is 0 Å². The van der Waals surface area contributed by atoms with E-state index >= 15 is 0 Å². The first-order valence-electron chi connectivity index (χ1n) is 7.90. The molecule has 0 radical (unpaired) electrons. The zero-order chi connectivity index (χ0) is 19.2. The maximum absolute atomic E-state index is 12.5. The molecule has 7 nitrogen and oxygen atoms in total. The van der Waals surface area contributed by atoms with E-state index in [1.165, 1.54) is 41.8 Å².